The van der Waals surface area contributed by atoms with Crippen LogP contribution in [0.4, 0.5) is 0 Å². The molecular weight excluding hydrogens is 716 g/mol. The minimum absolute atomic E-state index is 0.0133. The SMILES string of the molecule is C=CC(=O)OCCCCC(=O)O[C@@H]1OC[C@@H](OC(=O)CCCCOC(=O)C=C)[C@H](OC(=O)CCCCOC(=O)C=C)[C@H]1OC(=O)CCCCOC(=O)C=C. The average molecular weight is 767 g/mol. The van der Waals surface area contributed by atoms with Crippen molar-refractivity contribution in [1.29, 1.82) is 0 Å². The summed E-state index contributed by atoms with van der Waals surface area (Å²) in [5.74, 6) is -5.57. The molecule has 1 heterocycles. The maximum atomic E-state index is 13.1. The molecule has 1 rings (SSSR count). The van der Waals surface area contributed by atoms with Crippen LogP contribution in [-0.2, 0) is 81.0 Å². The van der Waals surface area contributed by atoms with Gasteiger partial charge in [0.2, 0.25) is 12.4 Å². The molecule has 17 heteroatoms. The Labute approximate surface area is 313 Å². The van der Waals surface area contributed by atoms with Gasteiger partial charge in [0.15, 0.2) is 12.2 Å². The van der Waals surface area contributed by atoms with E-state index < -0.39 is 79.0 Å². The number of rotatable bonds is 28. The van der Waals surface area contributed by atoms with Crippen molar-refractivity contribution in [2.45, 2.75) is 102 Å². The molecule has 4 atom stereocenters. The zero-order chi connectivity index (χ0) is 40.1. The van der Waals surface area contributed by atoms with Crippen LogP contribution in [0.3, 0.4) is 0 Å². The highest BCUT2D eigenvalue weighted by atomic mass is 16.7. The second-order valence-corrected chi connectivity index (χ2v) is 11.4. The third kappa shape index (κ3) is 21.3. The molecule has 54 heavy (non-hydrogen) atoms. The van der Waals surface area contributed by atoms with Crippen molar-refractivity contribution in [1.82, 2.24) is 0 Å². The van der Waals surface area contributed by atoms with E-state index in [9.17, 15) is 38.4 Å². The number of unbranched alkanes of at least 4 members (excludes halogenated alkanes) is 4. The van der Waals surface area contributed by atoms with Gasteiger partial charge in [-0.15, -0.1) is 0 Å². The maximum Gasteiger partial charge on any atom is 0.330 e. The fourth-order valence-electron chi connectivity index (χ4n) is 4.46. The van der Waals surface area contributed by atoms with Crippen LogP contribution in [0.25, 0.3) is 0 Å². The predicted octanol–water partition coefficient (Wildman–Crippen LogP) is 3.22. The number of hydrogen-bond acceptors (Lipinski definition) is 17. The summed E-state index contributed by atoms with van der Waals surface area (Å²) in [7, 11) is 0. The van der Waals surface area contributed by atoms with Gasteiger partial charge >= 0.3 is 47.8 Å². The van der Waals surface area contributed by atoms with E-state index in [2.05, 4.69) is 26.3 Å². The summed E-state index contributed by atoms with van der Waals surface area (Å²) in [6.45, 7) is 12.9. The highest BCUT2D eigenvalue weighted by Crippen LogP contribution is 2.27. The van der Waals surface area contributed by atoms with E-state index in [4.69, 9.17) is 42.6 Å². The molecule has 0 radical (unpaired) electrons. The first-order chi connectivity index (χ1) is 25.9. The summed E-state index contributed by atoms with van der Waals surface area (Å²) in [5, 5.41) is 0. The molecule has 300 valence electrons. The van der Waals surface area contributed by atoms with E-state index in [0.717, 1.165) is 24.3 Å². The van der Waals surface area contributed by atoms with Crippen LogP contribution in [0.15, 0.2) is 50.6 Å². The number of carbonyl (C=O) groups excluding carboxylic acids is 8. The Balaban J connectivity index is 3.12. The summed E-state index contributed by atoms with van der Waals surface area (Å²) in [4.78, 5) is 96.9. The third-order valence-electron chi connectivity index (χ3n) is 7.19. The van der Waals surface area contributed by atoms with Crippen molar-refractivity contribution in [2.24, 2.45) is 0 Å². The van der Waals surface area contributed by atoms with Crippen LogP contribution in [0.5, 0.6) is 0 Å². The van der Waals surface area contributed by atoms with Gasteiger partial charge in [-0.1, -0.05) is 26.3 Å². The first-order valence-corrected chi connectivity index (χ1v) is 17.5. The quantitative estimate of drug-likeness (QED) is 0.0483. The molecule has 0 saturated carbocycles. The lowest BCUT2D eigenvalue weighted by Gasteiger charge is -2.40. The fourth-order valence-corrected chi connectivity index (χ4v) is 4.46. The number of esters is 8. The van der Waals surface area contributed by atoms with E-state index in [1.165, 1.54) is 0 Å². The minimum atomic E-state index is -1.59. The molecule has 0 aromatic rings. The molecule has 1 aliphatic heterocycles. The third-order valence-corrected chi connectivity index (χ3v) is 7.19. The van der Waals surface area contributed by atoms with Crippen LogP contribution < -0.4 is 0 Å². The highest BCUT2D eigenvalue weighted by Gasteiger charge is 2.49. The summed E-state index contributed by atoms with van der Waals surface area (Å²) in [5.41, 5.74) is 0. The number of ether oxygens (including phenoxy) is 9. The summed E-state index contributed by atoms with van der Waals surface area (Å²) in [6.07, 6.45) is -0.335. The van der Waals surface area contributed by atoms with Crippen LogP contribution in [0.2, 0.25) is 0 Å². The van der Waals surface area contributed by atoms with E-state index in [-0.39, 0.29) is 77.8 Å². The Bertz CT molecular complexity index is 1210. The normalized spacial score (nSPS) is 17.3. The van der Waals surface area contributed by atoms with E-state index in [1.54, 1.807) is 0 Å². The minimum Gasteiger partial charge on any atom is -0.463 e. The van der Waals surface area contributed by atoms with Crippen molar-refractivity contribution in [3.8, 4) is 0 Å². The van der Waals surface area contributed by atoms with Crippen LogP contribution in [0.1, 0.15) is 77.0 Å². The predicted molar refractivity (Wildman–Crippen MR) is 185 cm³/mol. The summed E-state index contributed by atoms with van der Waals surface area (Å²) >= 11 is 0. The largest absolute Gasteiger partial charge is 0.463 e. The van der Waals surface area contributed by atoms with Crippen molar-refractivity contribution in [2.75, 3.05) is 33.0 Å². The molecule has 0 aliphatic carbocycles. The Morgan fingerprint density at radius 1 is 0.444 bits per heavy atom. The van der Waals surface area contributed by atoms with Gasteiger partial charge in [-0.05, 0) is 51.4 Å². The van der Waals surface area contributed by atoms with Gasteiger partial charge in [0.05, 0.1) is 33.0 Å². The molecule has 0 spiro atoms. The molecular formula is C37H50O17. The van der Waals surface area contributed by atoms with Crippen LogP contribution in [0, 0.1) is 0 Å². The Morgan fingerprint density at radius 2 is 0.759 bits per heavy atom. The second-order valence-electron chi connectivity index (χ2n) is 11.4. The summed E-state index contributed by atoms with van der Waals surface area (Å²) < 4.78 is 47.8. The van der Waals surface area contributed by atoms with Gasteiger partial charge in [0.1, 0.15) is 0 Å². The average Bonchev–Trinajstić information content (AvgIpc) is 3.15. The van der Waals surface area contributed by atoms with Crippen LogP contribution >= 0.6 is 0 Å². The molecule has 0 N–H and O–H groups in total. The Morgan fingerprint density at radius 3 is 1.11 bits per heavy atom. The van der Waals surface area contributed by atoms with Crippen molar-refractivity contribution >= 4 is 47.8 Å². The molecule has 0 aromatic carbocycles. The van der Waals surface area contributed by atoms with E-state index >= 15 is 0 Å². The molecule has 0 aromatic heterocycles. The molecule has 0 amide bonds. The monoisotopic (exact) mass is 766 g/mol. The zero-order valence-corrected chi connectivity index (χ0v) is 30.4. The number of carbonyl (C=O) groups is 8. The van der Waals surface area contributed by atoms with Gasteiger partial charge in [-0.3, -0.25) is 19.2 Å². The smallest absolute Gasteiger partial charge is 0.330 e. The summed E-state index contributed by atoms with van der Waals surface area (Å²) in [6, 6.07) is 0. The van der Waals surface area contributed by atoms with Gasteiger partial charge in [0, 0.05) is 50.0 Å². The lowest BCUT2D eigenvalue weighted by Crippen LogP contribution is -2.58. The van der Waals surface area contributed by atoms with Gasteiger partial charge in [0.25, 0.3) is 0 Å². The fraction of sp³-hybridized carbons (Fsp3) is 0.568. The zero-order valence-electron chi connectivity index (χ0n) is 30.4. The van der Waals surface area contributed by atoms with Crippen LogP contribution in [-0.4, -0.2) is 105 Å². The van der Waals surface area contributed by atoms with Gasteiger partial charge in [-0.2, -0.15) is 0 Å². The molecule has 1 fully saturated rings. The van der Waals surface area contributed by atoms with Crippen molar-refractivity contribution < 1.29 is 81.0 Å². The maximum absolute atomic E-state index is 13.1. The topological polar surface area (TPSA) is 220 Å². The molecule has 1 aliphatic rings. The molecule has 0 bridgehead atoms. The molecule has 1 saturated heterocycles. The molecule has 0 unspecified atom stereocenters. The van der Waals surface area contributed by atoms with Crippen molar-refractivity contribution in [3.63, 3.8) is 0 Å². The first-order valence-electron chi connectivity index (χ1n) is 17.5. The number of hydrogen-bond donors (Lipinski definition) is 0. The van der Waals surface area contributed by atoms with Gasteiger partial charge in [-0.25, -0.2) is 19.2 Å². The Hall–Kier alpha value is -5.32. The lowest BCUT2D eigenvalue weighted by atomic mass is 10.0. The van der Waals surface area contributed by atoms with E-state index in [1.807, 2.05) is 0 Å². The van der Waals surface area contributed by atoms with Gasteiger partial charge < -0.3 is 42.6 Å². The first kappa shape index (κ1) is 46.7. The molecule has 17 nitrogen and oxygen atoms in total. The lowest BCUT2D eigenvalue weighted by molar-refractivity contribution is -0.275. The Kier molecular flexibility index (Phi) is 24.4. The second kappa shape index (κ2) is 28.2. The highest BCUT2D eigenvalue weighted by molar-refractivity contribution is 5.82. The van der Waals surface area contributed by atoms with Crippen molar-refractivity contribution in [3.05, 3.63) is 50.6 Å². The van der Waals surface area contributed by atoms with E-state index in [0.29, 0.717) is 25.7 Å². The standard InChI is InChI=1S/C37H50O17/c1-5-27(38)46-21-13-9-17-31(42)51-26-25-50-37(54-34(45)20-12-16-24-49-30(41)8-4)36(53-33(44)19-11-15-23-48-29(40)7-3)35(26)52-32(43)18-10-14-22-47-28(39)6-2/h5-8,26,35-37H,1-4,9-25H2/t26-,35+,36-,37+/m1/s1.